The molecule has 0 fully saturated rings. The molecule has 2 aromatic rings. The van der Waals surface area contributed by atoms with Gasteiger partial charge in [-0.2, -0.15) is 13.2 Å². The average molecular weight is 269 g/mol. The molecule has 0 amide bonds. The average Bonchev–Trinajstić information content (AvgIpc) is 2.34. The van der Waals surface area contributed by atoms with Gasteiger partial charge in [-0.25, -0.2) is 0 Å². The predicted molar refractivity (Wildman–Crippen MR) is 68.1 cm³/mol. The van der Waals surface area contributed by atoms with Gasteiger partial charge in [-0.1, -0.05) is 36.4 Å². The maximum atomic E-state index is 12.9. The van der Waals surface area contributed by atoms with E-state index in [0.29, 0.717) is 5.39 Å². The number of rotatable bonds is 3. The second kappa shape index (κ2) is 5.09. The van der Waals surface area contributed by atoms with Gasteiger partial charge in [0, 0.05) is 11.4 Å². The Morgan fingerprint density at radius 2 is 1.68 bits per heavy atom. The van der Waals surface area contributed by atoms with E-state index >= 15 is 0 Å². The van der Waals surface area contributed by atoms with Gasteiger partial charge in [-0.05, 0) is 18.4 Å². The van der Waals surface area contributed by atoms with Crippen molar-refractivity contribution >= 4 is 10.8 Å². The highest BCUT2D eigenvalue weighted by Gasteiger charge is 2.44. The summed E-state index contributed by atoms with van der Waals surface area (Å²) in [6, 6.07) is 11.0. The first-order chi connectivity index (χ1) is 8.89. The maximum absolute atomic E-state index is 12.9. The summed E-state index contributed by atoms with van der Waals surface area (Å²) in [6.07, 6.45) is -6.51. The Balaban J connectivity index is 2.40. The van der Waals surface area contributed by atoms with Crippen LogP contribution in [-0.2, 0) is 0 Å². The van der Waals surface area contributed by atoms with Crippen LogP contribution in [0.2, 0.25) is 0 Å². The van der Waals surface area contributed by atoms with Crippen LogP contribution in [0, 0.1) is 0 Å². The minimum Gasteiger partial charge on any atom is -0.479 e. The van der Waals surface area contributed by atoms with E-state index in [4.69, 9.17) is 10.5 Å². The number of hydrogen-bond donors (Lipinski definition) is 1. The second-order valence-corrected chi connectivity index (χ2v) is 4.42. The zero-order valence-electron chi connectivity index (χ0n) is 10.3. The van der Waals surface area contributed by atoms with Crippen LogP contribution in [0.15, 0.2) is 42.5 Å². The summed E-state index contributed by atoms with van der Waals surface area (Å²) >= 11 is 0. The molecule has 0 spiro atoms. The minimum atomic E-state index is -4.49. The molecular weight excluding hydrogens is 255 g/mol. The van der Waals surface area contributed by atoms with Crippen LogP contribution in [0.4, 0.5) is 13.2 Å². The molecule has 5 heteroatoms. The zero-order valence-corrected chi connectivity index (χ0v) is 10.3. The Labute approximate surface area is 109 Å². The number of benzene rings is 2. The lowest BCUT2D eigenvalue weighted by Crippen LogP contribution is -2.47. The van der Waals surface area contributed by atoms with Crippen molar-refractivity contribution in [1.82, 2.24) is 0 Å². The van der Waals surface area contributed by atoms with Crippen LogP contribution in [0.5, 0.6) is 5.75 Å². The molecule has 0 aliphatic rings. The van der Waals surface area contributed by atoms with Gasteiger partial charge in [0.05, 0.1) is 0 Å². The Morgan fingerprint density at radius 3 is 2.32 bits per heavy atom. The molecule has 0 bridgehead atoms. The van der Waals surface area contributed by atoms with Crippen LogP contribution in [0.25, 0.3) is 10.8 Å². The van der Waals surface area contributed by atoms with E-state index in [-0.39, 0.29) is 5.75 Å². The Morgan fingerprint density at radius 1 is 1.05 bits per heavy atom. The molecule has 0 heterocycles. The molecule has 0 saturated heterocycles. The number of hydrogen-bond acceptors (Lipinski definition) is 2. The SMILES string of the molecule is CC(N)C(Oc1cccc2ccccc12)C(F)(F)F. The van der Waals surface area contributed by atoms with Crippen LogP contribution in [0.3, 0.4) is 0 Å². The second-order valence-electron chi connectivity index (χ2n) is 4.42. The molecule has 2 nitrogen and oxygen atoms in total. The summed E-state index contributed by atoms with van der Waals surface area (Å²) in [5, 5.41) is 1.46. The summed E-state index contributed by atoms with van der Waals surface area (Å²) in [7, 11) is 0. The monoisotopic (exact) mass is 269 g/mol. The molecule has 0 radical (unpaired) electrons. The molecular formula is C14H14F3NO. The molecule has 2 unspecified atom stereocenters. The third-order valence-electron chi connectivity index (χ3n) is 2.80. The fraction of sp³-hybridized carbons (Fsp3) is 0.286. The van der Waals surface area contributed by atoms with E-state index in [1.807, 2.05) is 18.2 Å². The van der Waals surface area contributed by atoms with Crippen LogP contribution < -0.4 is 10.5 Å². The highest BCUT2D eigenvalue weighted by molar-refractivity contribution is 5.88. The lowest BCUT2D eigenvalue weighted by Gasteiger charge is -2.25. The first-order valence-corrected chi connectivity index (χ1v) is 5.86. The van der Waals surface area contributed by atoms with Gasteiger partial charge in [0.1, 0.15) is 5.75 Å². The summed E-state index contributed by atoms with van der Waals surface area (Å²) in [5.74, 6) is 0.192. The molecule has 0 saturated carbocycles. The van der Waals surface area contributed by atoms with Gasteiger partial charge in [0.15, 0.2) is 0 Å². The van der Waals surface area contributed by atoms with Crippen LogP contribution >= 0.6 is 0 Å². The van der Waals surface area contributed by atoms with Crippen molar-refractivity contribution in [2.24, 2.45) is 5.73 Å². The van der Waals surface area contributed by atoms with Crippen molar-refractivity contribution in [3.05, 3.63) is 42.5 Å². The van der Waals surface area contributed by atoms with Crippen molar-refractivity contribution in [3.8, 4) is 5.75 Å². The minimum absolute atomic E-state index is 0.192. The van der Waals surface area contributed by atoms with Crippen LogP contribution in [-0.4, -0.2) is 18.3 Å². The molecule has 0 aliphatic heterocycles. The van der Waals surface area contributed by atoms with Crippen LogP contribution in [0.1, 0.15) is 6.92 Å². The molecule has 0 aliphatic carbocycles. The van der Waals surface area contributed by atoms with E-state index in [2.05, 4.69) is 0 Å². The molecule has 2 aromatic carbocycles. The van der Waals surface area contributed by atoms with E-state index < -0.39 is 18.3 Å². The van der Waals surface area contributed by atoms with Crippen molar-refractivity contribution in [1.29, 1.82) is 0 Å². The number of halogens is 3. The predicted octanol–water partition coefficient (Wildman–Crippen LogP) is 3.50. The van der Waals surface area contributed by atoms with Gasteiger partial charge >= 0.3 is 6.18 Å². The lowest BCUT2D eigenvalue weighted by atomic mass is 10.1. The fourth-order valence-corrected chi connectivity index (χ4v) is 1.91. The maximum Gasteiger partial charge on any atom is 0.426 e. The van der Waals surface area contributed by atoms with Crippen molar-refractivity contribution in [2.45, 2.75) is 25.2 Å². The smallest absolute Gasteiger partial charge is 0.426 e. The van der Waals surface area contributed by atoms with E-state index in [1.54, 1.807) is 18.2 Å². The summed E-state index contributed by atoms with van der Waals surface area (Å²) in [6.45, 7) is 1.28. The third kappa shape index (κ3) is 2.98. The molecule has 19 heavy (non-hydrogen) atoms. The first-order valence-electron chi connectivity index (χ1n) is 5.86. The van der Waals surface area contributed by atoms with E-state index in [9.17, 15) is 13.2 Å². The number of fused-ring (bicyclic) bond motifs is 1. The lowest BCUT2D eigenvalue weighted by molar-refractivity contribution is -0.199. The van der Waals surface area contributed by atoms with Gasteiger partial charge in [-0.3, -0.25) is 0 Å². The van der Waals surface area contributed by atoms with E-state index in [0.717, 1.165) is 5.39 Å². The molecule has 102 valence electrons. The molecule has 2 N–H and O–H groups in total. The summed E-state index contributed by atoms with van der Waals surface area (Å²) < 4.78 is 43.7. The van der Waals surface area contributed by atoms with Gasteiger partial charge in [0.25, 0.3) is 0 Å². The zero-order chi connectivity index (χ0) is 14.0. The standard InChI is InChI=1S/C14H14F3NO/c1-9(18)13(14(15,16)17)19-12-8-4-6-10-5-2-3-7-11(10)12/h2-9,13H,18H2,1H3. The van der Waals surface area contributed by atoms with E-state index in [1.165, 1.54) is 13.0 Å². The molecule has 0 aromatic heterocycles. The third-order valence-corrected chi connectivity index (χ3v) is 2.80. The van der Waals surface area contributed by atoms with Gasteiger partial charge < -0.3 is 10.5 Å². The number of ether oxygens (including phenoxy) is 1. The van der Waals surface area contributed by atoms with Crippen molar-refractivity contribution < 1.29 is 17.9 Å². The quantitative estimate of drug-likeness (QED) is 0.925. The molecule has 2 atom stereocenters. The largest absolute Gasteiger partial charge is 0.479 e. The highest BCUT2D eigenvalue weighted by Crippen LogP contribution is 2.31. The number of alkyl halides is 3. The Bertz CT molecular complexity index is 561. The Hall–Kier alpha value is -1.75. The Kier molecular flexibility index (Phi) is 3.66. The summed E-state index contributed by atoms with van der Waals surface area (Å²) in [5.41, 5.74) is 5.37. The highest BCUT2D eigenvalue weighted by atomic mass is 19.4. The van der Waals surface area contributed by atoms with Crippen molar-refractivity contribution in [3.63, 3.8) is 0 Å². The fourth-order valence-electron chi connectivity index (χ4n) is 1.91. The number of nitrogens with two attached hydrogens (primary N) is 1. The first kappa shape index (κ1) is 13.7. The van der Waals surface area contributed by atoms with Gasteiger partial charge in [-0.15, -0.1) is 0 Å². The van der Waals surface area contributed by atoms with Gasteiger partial charge in [0.2, 0.25) is 6.10 Å². The van der Waals surface area contributed by atoms with Crippen molar-refractivity contribution in [2.75, 3.05) is 0 Å². The molecule has 2 rings (SSSR count). The topological polar surface area (TPSA) is 35.2 Å². The summed E-state index contributed by atoms with van der Waals surface area (Å²) in [4.78, 5) is 0. The normalized spacial score (nSPS) is 15.2.